The Hall–Kier alpha value is -2.56. The summed E-state index contributed by atoms with van der Waals surface area (Å²) < 4.78 is 5.06. The van der Waals surface area contributed by atoms with E-state index in [9.17, 15) is 4.79 Å². The number of pyridine rings is 1. The lowest BCUT2D eigenvalue weighted by Gasteiger charge is -2.10. The van der Waals surface area contributed by atoms with Gasteiger partial charge in [-0.25, -0.2) is 4.98 Å². The van der Waals surface area contributed by atoms with Crippen LogP contribution in [0, 0.1) is 0 Å². The van der Waals surface area contributed by atoms with Crippen molar-refractivity contribution in [3.63, 3.8) is 0 Å². The van der Waals surface area contributed by atoms with Gasteiger partial charge < -0.3 is 15.4 Å². The molecule has 2 rings (SSSR count). The Labute approximate surface area is 124 Å². The molecule has 0 fully saturated rings. The van der Waals surface area contributed by atoms with Gasteiger partial charge in [0.2, 0.25) is 0 Å². The molecule has 1 amide bonds. The molecule has 0 radical (unpaired) electrons. The van der Waals surface area contributed by atoms with E-state index in [1.165, 1.54) is 0 Å². The molecule has 110 valence electrons. The fraction of sp³-hybridized carbons (Fsp3) is 0.250. The van der Waals surface area contributed by atoms with E-state index in [1.807, 2.05) is 26.0 Å². The number of hydrogen-bond donors (Lipinski definition) is 2. The number of nitrogens with zero attached hydrogens (tertiary/aromatic N) is 1. The summed E-state index contributed by atoms with van der Waals surface area (Å²) in [5, 5.41) is 6.00. The average Bonchev–Trinajstić information content (AvgIpc) is 2.49. The Bertz CT molecular complexity index is 592. The molecule has 5 nitrogen and oxygen atoms in total. The first-order valence-corrected chi connectivity index (χ1v) is 6.76. The molecule has 0 aliphatic carbocycles. The first-order chi connectivity index (χ1) is 10.1. The third-order valence-corrected chi connectivity index (χ3v) is 2.81. The number of methoxy groups -OCH3 is 1. The molecule has 0 saturated carbocycles. The first kappa shape index (κ1) is 14.8. The quantitative estimate of drug-likeness (QED) is 0.885. The molecular formula is C16H19N3O2. The van der Waals surface area contributed by atoms with Crippen molar-refractivity contribution < 1.29 is 9.53 Å². The molecule has 2 aromatic rings. The van der Waals surface area contributed by atoms with Gasteiger partial charge in [0.05, 0.1) is 19.0 Å². The van der Waals surface area contributed by atoms with Gasteiger partial charge in [-0.2, -0.15) is 0 Å². The van der Waals surface area contributed by atoms with E-state index in [1.54, 1.807) is 37.6 Å². The number of ether oxygens (including phenoxy) is 1. The third-order valence-electron chi connectivity index (χ3n) is 2.81. The number of rotatable bonds is 5. The third kappa shape index (κ3) is 4.21. The Morgan fingerprint density at radius 1 is 1.14 bits per heavy atom. The number of aromatic nitrogens is 1. The summed E-state index contributed by atoms with van der Waals surface area (Å²) >= 11 is 0. The van der Waals surface area contributed by atoms with Gasteiger partial charge >= 0.3 is 0 Å². The average molecular weight is 285 g/mol. The number of anilines is 2. The highest BCUT2D eigenvalue weighted by atomic mass is 16.5. The summed E-state index contributed by atoms with van der Waals surface area (Å²) in [5.74, 6) is 1.33. The van der Waals surface area contributed by atoms with E-state index < -0.39 is 0 Å². The van der Waals surface area contributed by atoms with Crippen molar-refractivity contribution >= 4 is 17.4 Å². The molecule has 1 aromatic heterocycles. The topological polar surface area (TPSA) is 63.2 Å². The van der Waals surface area contributed by atoms with E-state index in [0.717, 1.165) is 11.6 Å². The van der Waals surface area contributed by atoms with Crippen LogP contribution in [0.4, 0.5) is 11.5 Å². The van der Waals surface area contributed by atoms with Gasteiger partial charge in [0.25, 0.3) is 5.91 Å². The minimum absolute atomic E-state index is 0.177. The second kappa shape index (κ2) is 6.74. The minimum Gasteiger partial charge on any atom is -0.497 e. The largest absolute Gasteiger partial charge is 0.497 e. The highest BCUT2D eigenvalue weighted by Gasteiger charge is 2.06. The maximum atomic E-state index is 12.1. The SMILES string of the molecule is COc1ccc(C(=O)Nc2ccc(NC(C)C)nc2)cc1. The van der Waals surface area contributed by atoms with Crippen LogP contribution >= 0.6 is 0 Å². The van der Waals surface area contributed by atoms with Crippen molar-refractivity contribution in [1.29, 1.82) is 0 Å². The molecular weight excluding hydrogens is 266 g/mol. The molecule has 0 spiro atoms. The number of amides is 1. The standard InChI is InChI=1S/C16H19N3O2/c1-11(2)18-15-9-6-13(10-17-15)19-16(20)12-4-7-14(21-3)8-5-12/h4-11H,1-3H3,(H,17,18)(H,19,20). The Morgan fingerprint density at radius 2 is 1.86 bits per heavy atom. The molecule has 0 saturated heterocycles. The lowest BCUT2D eigenvalue weighted by molar-refractivity contribution is 0.102. The number of carbonyl (C=O) groups excluding carboxylic acids is 1. The number of benzene rings is 1. The lowest BCUT2D eigenvalue weighted by atomic mass is 10.2. The summed E-state index contributed by atoms with van der Waals surface area (Å²) in [6, 6.07) is 10.9. The van der Waals surface area contributed by atoms with Gasteiger partial charge in [0.1, 0.15) is 11.6 Å². The fourth-order valence-corrected chi connectivity index (χ4v) is 1.79. The summed E-state index contributed by atoms with van der Waals surface area (Å²) in [7, 11) is 1.59. The zero-order valence-electron chi connectivity index (χ0n) is 12.4. The van der Waals surface area contributed by atoms with Crippen molar-refractivity contribution in [3.05, 3.63) is 48.2 Å². The highest BCUT2D eigenvalue weighted by Crippen LogP contribution is 2.14. The summed E-state index contributed by atoms with van der Waals surface area (Å²) in [5.41, 5.74) is 1.23. The van der Waals surface area contributed by atoms with Crippen LogP contribution in [-0.2, 0) is 0 Å². The second-order valence-corrected chi connectivity index (χ2v) is 4.91. The van der Waals surface area contributed by atoms with Gasteiger partial charge in [0, 0.05) is 11.6 Å². The van der Waals surface area contributed by atoms with Gasteiger partial charge in [-0.05, 0) is 50.2 Å². The van der Waals surface area contributed by atoms with E-state index in [4.69, 9.17) is 4.74 Å². The Morgan fingerprint density at radius 3 is 2.38 bits per heavy atom. The number of nitrogens with one attached hydrogen (secondary N) is 2. The predicted octanol–water partition coefficient (Wildman–Crippen LogP) is 3.16. The van der Waals surface area contributed by atoms with Crippen LogP contribution in [0.25, 0.3) is 0 Å². The number of hydrogen-bond acceptors (Lipinski definition) is 4. The van der Waals surface area contributed by atoms with E-state index in [0.29, 0.717) is 17.3 Å². The smallest absolute Gasteiger partial charge is 0.255 e. The summed E-state index contributed by atoms with van der Waals surface area (Å²) in [4.78, 5) is 16.3. The molecule has 0 bridgehead atoms. The van der Waals surface area contributed by atoms with Crippen LogP contribution in [0.3, 0.4) is 0 Å². The van der Waals surface area contributed by atoms with Crippen LogP contribution in [0.15, 0.2) is 42.6 Å². The van der Waals surface area contributed by atoms with Crippen LogP contribution in [0.1, 0.15) is 24.2 Å². The lowest BCUT2D eigenvalue weighted by Crippen LogP contribution is -2.13. The predicted molar refractivity (Wildman–Crippen MR) is 83.9 cm³/mol. The molecule has 21 heavy (non-hydrogen) atoms. The summed E-state index contributed by atoms with van der Waals surface area (Å²) in [6.45, 7) is 4.09. The second-order valence-electron chi connectivity index (χ2n) is 4.91. The maximum Gasteiger partial charge on any atom is 0.255 e. The van der Waals surface area contributed by atoms with Crippen molar-refractivity contribution in [2.75, 3.05) is 17.7 Å². The molecule has 0 atom stereocenters. The molecule has 0 aliphatic rings. The van der Waals surface area contributed by atoms with Crippen LogP contribution in [0.5, 0.6) is 5.75 Å². The first-order valence-electron chi connectivity index (χ1n) is 6.76. The number of carbonyl (C=O) groups is 1. The maximum absolute atomic E-state index is 12.1. The van der Waals surface area contributed by atoms with Gasteiger partial charge in [0.15, 0.2) is 0 Å². The van der Waals surface area contributed by atoms with Gasteiger partial charge in [-0.1, -0.05) is 0 Å². The van der Waals surface area contributed by atoms with Crippen LogP contribution < -0.4 is 15.4 Å². The molecule has 0 unspecified atom stereocenters. The fourth-order valence-electron chi connectivity index (χ4n) is 1.79. The van der Waals surface area contributed by atoms with E-state index in [2.05, 4.69) is 15.6 Å². The molecule has 1 aromatic carbocycles. The Kier molecular flexibility index (Phi) is 4.77. The van der Waals surface area contributed by atoms with Crippen molar-refractivity contribution in [3.8, 4) is 5.75 Å². The minimum atomic E-state index is -0.177. The van der Waals surface area contributed by atoms with Gasteiger partial charge in [-0.15, -0.1) is 0 Å². The zero-order chi connectivity index (χ0) is 15.2. The van der Waals surface area contributed by atoms with E-state index in [-0.39, 0.29) is 5.91 Å². The molecule has 0 aliphatic heterocycles. The molecule has 1 heterocycles. The van der Waals surface area contributed by atoms with Crippen LogP contribution in [-0.4, -0.2) is 24.0 Å². The summed E-state index contributed by atoms with van der Waals surface area (Å²) in [6.07, 6.45) is 1.63. The molecule has 5 heteroatoms. The van der Waals surface area contributed by atoms with Crippen molar-refractivity contribution in [1.82, 2.24) is 4.98 Å². The normalized spacial score (nSPS) is 10.3. The molecule has 2 N–H and O–H groups in total. The Balaban J connectivity index is 2.01. The zero-order valence-corrected chi connectivity index (χ0v) is 12.4. The van der Waals surface area contributed by atoms with Gasteiger partial charge in [-0.3, -0.25) is 4.79 Å². The van der Waals surface area contributed by atoms with Crippen LogP contribution in [0.2, 0.25) is 0 Å². The van der Waals surface area contributed by atoms with Crippen molar-refractivity contribution in [2.45, 2.75) is 19.9 Å². The highest BCUT2D eigenvalue weighted by molar-refractivity contribution is 6.04. The van der Waals surface area contributed by atoms with E-state index >= 15 is 0 Å². The van der Waals surface area contributed by atoms with Crippen molar-refractivity contribution in [2.24, 2.45) is 0 Å². The monoisotopic (exact) mass is 285 g/mol.